The summed E-state index contributed by atoms with van der Waals surface area (Å²) in [5.74, 6) is -0.732. The number of hydrogen-bond donors (Lipinski definition) is 1. The van der Waals surface area contributed by atoms with E-state index in [2.05, 4.69) is 10.4 Å². The standard InChI is InChI=1S/C12H8ClF3N4O3/c13-9-2-1-7(12(14,15)16)3-10(9)18-11(21)6-19-5-8(4-17-19)20(22)23/h1-5H,6H2,(H,18,21). The minimum Gasteiger partial charge on any atom is -0.323 e. The van der Waals surface area contributed by atoms with Gasteiger partial charge in [-0.2, -0.15) is 18.3 Å². The van der Waals surface area contributed by atoms with E-state index in [1.165, 1.54) is 0 Å². The van der Waals surface area contributed by atoms with Crippen molar-refractivity contribution in [2.75, 3.05) is 5.32 Å². The summed E-state index contributed by atoms with van der Waals surface area (Å²) in [5, 5.41) is 16.2. The van der Waals surface area contributed by atoms with Crippen LogP contribution in [-0.2, 0) is 17.5 Å². The Hall–Kier alpha value is -2.62. The highest BCUT2D eigenvalue weighted by atomic mass is 35.5. The number of anilines is 1. The first kappa shape index (κ1) is 16.7. The van der Waals surface area contributed by atoms with E-state index in [0.29, 0.717) is 6.07 Å². The number of hydrogen-bond acceptors (Lipinski definition) is 4. The number of nitro groups is 1. The highest BCUT2D eigenvalue weighted by molar-refractivity contribution is 6.33. The highest BCUT2D eigenvalue weighted by Gasteiger charge is 2.31. The predicted molar refractivity (Wildman–Crippen MR) is 74.0 cm³/mol. The Morgan fingerprint density at radius 3 is 2.70 bits per heavy atom. The van der Waals surface area contributed by atoms with Crippen LogP contribution >= 0.6 is 11.6 Å². The minimum absolute atomic E-state index is 0.0715. The summed E-state index contributed by atoms with van der Waals surface area (Å²) in [7, 11) is 0. The van der Waals surface area contributed by atoms with Crippen molar-refractivity contribution in [3.05, 3.63) is 51.3 Å². The molecule has 1 N–H and O–H groups in total. The van der Waals surface area contributed by atoms with Gasteiger partial charge >= 0.3 is 11.9 Å². The number of alkyl halides is 3. The normalized spacial score (nSPS) is 11.3. The third kappa shape index (κ3) is 4.19. The van der Waals surface area contributed by atoms with Crippen LogP contribution in [0.5, 0.6) is 0 Å². The molecular formula is C12H8ClF3N4O3. The zero-order valence-electron chi connectivity index (χ0n) is 11.2. The molecular weight excluding hydrogens is 341 g/mol. The third-order valence-corrected chi connectivity index (χ3v) is 3.03. The summed E-state index contributed by atoms with van der Waals surface area (Å²) in [5.41, 5.74) is -1.49. The fourth-order valence-corrected chi connectivity index (χ4v) is 1.83. The van der Waals surface area contributed by atoms with Crippen molar-refractivity contribution in [1.82, 2.24) is 9.78 Å². The van der Waals surface area contributed by atoms with E-state index in [-0.39, 0.29) is 16.4 Å². The molecule has 2 rings (SSSR count). The molecule has 23 heavy (non-hydrogen) atoms. The van der Waals surface area contributed by atoms with Crippen molar-refractivity contribution in [3.63, 3.8) is 0 Å². The number of carbonyl (C=O) groups is 1. The third-order valence-electron chi connectivity index (χ3n) is 2.70. The van der Waals surface area contributed by atoms with Crippen molar-refractivity contribution in [1.29, 1.82) is 0 Å². The molecule has 122 valence electrons. The van der Waals surface area contributed by atoms with Crippen molar-refractivity contribution in [2.45, 2.75) is 12.7 Å². The number of nitrogens with zero attached hydrogens (tertiary/aromatic N) is 3. The van der Waals surface area contributed by atoms with Gasteiger partial charge in [0.2, 0.25) is 5.91 Å². The van der Waals surface area contributed by atoms with Crippen LogP contribution in [0.4, 0.5) is 24.5 Å². The Morgan fingerprint density at radius 1 is 1.43 bits per heavy atom. The van der Waals surface area contributed by atoms with Crippen molar-refractivity contribution >= 4 is 28.9 Å². The molecule has 0 atom stereocenters. The van der Waals surface area contributed by atoms with Crippen LogP contribution in [0.15, 0.2) is 30.6 Å². The number of nitrogens with one attached hydrogen (secondary N) is 1. The number of benzene rings is 1. The maximum absolute atomic E-state index is 12.6. The quantitative estimate of drug-likeness (QED) is 0.679. The van der Waals surface area contributed by atoms with Crippen LogP contribution in [0.2, 0.25) is 5.02 Å². The van der Waals surface area contributed by atoms with E-state index in [9.17, 15) is 28.1 Å². The molecule has 0 aliphatic rings. The lowest BCUT2D eigenvalue weighted by atomic mass is 10.2. The van der Waals surface area contributed by atoms with E-state index in [1.54, 1.807) is 0 Å². The molecule has 1 heterocycles. The summed E-state index contributed by atoms with van der Waals surface area (Å²) < 4.78 is 38.9. The van der Waals surface area contributed by atoms with Crippen molar-refractivity contribution in [3.8, 4) is 0 Å². The molecule has 1 aromatic carbocycles. The van der Waals surface area contributed by atoms with Crippen LogP contribution in [0, 0.1) is 10.1 Å². The molecule has 2 aromatic rings. The summed E-state index contributed by atoms with van der Waals surface area (Å²) in [4.78, 5) is 21.6. The molecule has 0 saturated heterocycles. The molecule has 11 heteroatoms. The van der Waals surface area contributed by atoms with Gasteiger partial charge in [-0.3, -0.25) is 19.6 Å². The number of aromatic nitrogens is 2. The van der Waals surface area contributed by atoms with Gasteiger partial charge < -0.3 is 5.32 Å². The predicted octanol–water partition coefficient (Wildman–Crippen LogP) is 3.10. The molecule has 0 unspecified atom stereocenters. The van der Waals surface area contributed by atoms with E-state index < -0.39 is 29.1 Å². The number of halogens is 4. The highest BCUT2D eigenvalue weighted by Crippen LogP contribution is 2.33. The molecule has 0 spiro atoms. The maximum atomic E-state index is 12.6. The topological polar surface area (TPSA) is 90.1 Å². The van der Waals surface area contributed by atoms with Crippen LogP contribution in [0.25, 0.3) is 0 Å². The van der Waals surface area contributed by atoms with E-state index in [0.717, 1.165) is 29.2 Å². The second kappa shape index (κ2) is 6.24. The van der Waals surface area contributed by atoms with Gasteiger partial charge in [-0.15, -0.1) is 0 Å². The van der Waals surface area contributed by atoms with Gasteiger partial charge in [0.1, 0.15) is 18.9 Å². The Balaban J connectivity index is 2.11. The zero-order valence-corrected chi connectivity index (χ0v) is 11.9. The smallest absolute Gasteiger partial charge is 0.323 e. The van der Waals surface area contributed by atoms with Gasteiger partial charge in [-0.1, -0.05) is 11.6 Å². The van der Waals surface area contributed by atoms with Crippen molar-refractivity contribution in [2.24, 2.45) is 0 Å². The average Bonchev–Trinajstić information content (AvgIpc) is 2.88. The molecule has 0 aliphatic carbocycles. The first-order valence-electron chi connectivity index (χ1n) is 6.00. The van der Waals surface area contributed by atoms with E-state index in [1.807, 2.05) is 0 Å². The number of carbonyl (C=O) groups excluding carboxylic acids is 1. The van der Waals surface area contributed by atoms with Gasteiger partial charge in [0.25, 0.3) is 0 Å². The van der Waals surface area contributed by atoms with E-state index in [4.69, 9.17) is 11.6 Å². The monoisotopic (exact) mass is 348 g/mol. The molecule has 1 aromatic heterocycles. The molecule has 1 amide bonds. The first-order valence-corrected chi connectivity index (χ1v) is 6.38. The number of amides is 1. The molecule has 0 fully saturated rings. The summed E-state index contributed by atoms with van der Waals surface area (Å²) in [6.07, 6.45) is -2.61. The largest absolute Gasteiger partial charge is 0.416 e. The van der Waals surface area contributed by atoms with Crippen LogP contribution in [0.1, 0.15) is 5.56 Å². The Morgan fingerprint density at radius 2 is 2.13 bits per heavy atom. The molecule has 0 radical (unpaired) electrons. The van der Waals surface area contributed by atoms with E-state index >= 15 is 0 Å². The Kier molecular flexibility index (Phi) is 4.55. The summed E-state index contributed by atoms with van der Waals surface area (Å²) in [6.45, 7) is -0.416. The van der Waals surface area contributed by atoms with Gasteiger partial charge in [0, 0.05) is 0 Å². The van der Waals surface area contributed by atoms with Gasteiger partial charge in [0.15, 0.2) is 0 Å². The Bertz CT molecular complexity index is 760. The van der Waals surface area contributed by atoms with Crippen LogP contribution in [-0.4, -0.2) is 20.6 Å². The molecule has 0 bridgehead atoms. The van der Waals surface area contributed by atoms with Crippen LogP contribution in [0.3, 0.4) is 0 Å². The molecule has 0 saturated carbocycles. The van der Waals surface area contributed by atoms with Gasteiger partial charge in [-0.05, 0) is 18.2 Å². The summed E-state index contributed by atoms with van der Waals surface area (Å²) >= 11 is 5.75. The lowest BCUT2D eigenvalue weighted by Gasteiger charge is -2.11. The van der Waals surface area contributed by atoms with Crippen LogP contribution < -0.4 is 5.32 Å². The second-order valence-electron chi connectivity index (χ2n) is 4.39. The SMILES string of the molecule is O=C(Cn1cc([N+](=O)[O-])cn1)Nc1cc(C(F)(F)F)ccc1Cl. The second-order valence-corrected chi connectivity index (χ2v) is 4.80. The van der Waals surface area contributed by atoms with Crippen molar-refractivity contribution < 1.29 is 22.9 Å². The van der Waals surface area contributed by atoms with Gasteiger partial charge in [-0.25, -0.2) is 0 Å². The fourth-order valence-electron chi connectivity index (χ4n) is 1.67. The number of rotatable bonds is 4. The summed E-state index contributed by atoms with van der Waals surface area (Å²) in [6, 6.07) is 2.50. The fraction of sp³-hybridized carbons (Fsp3) is 0.167. The minimum atomic E-state index is -4.58. The zero-order chi connectivity index (χ0) is 17.2. The lowest BCUT2D eigenvalue weighted by Crippen LogP contribution is -2.19. The molecule has 0 aliphatic heterocycles. The maximum Gasteiger partial charge on any atom is 0.416 e. The Labute approximate surface area is 131 Å². The van der Waals surface area contributed by atoms with Gasteiger partial charge in [0.05, 0.1) is 21.2 Å². The lowest BCUT2D eigenvalue weighted by molar-refractivity contribution is -0.385. The first-order chi connectivity index (χ1) is 10.7. The average molecular weight is 349 g/mol. The molecule has 7 nitrogen and oxygen atoms in total.